The molecule has 0 aliphatic heterocycles. The van der Waals surface area contributed by atoms with Crippen LogP contribution in [0.3, 0.4) is 0 Å². The van der Waals surface area contributed by atoms with Crippen LogP contribution in [-0.2, 0) is 6.54 Å². The molecule has 1 N–H and O–H groups in total. The van der Waals surface area contributed by atoms with Crippen molar-refractivity contribution in [2.75, 3.05) is 12.0 Å². The molecule has 21 heavy (non-hydrogen) atoms. The van der Waals surface area contributed by atoms with E-state index in [0.29, 0.717) is 5.82 Å². The van der Waals surface area contributed by atoms with Gasteiger partial charge >= 0.3 is 0 Å². The largest absolute Gasteiger partial charge is 0.337 e. The topological polar surface area (TPSA) is 55.6 Å². The summed E-state index contributed by atoms with van der Waals surface area (Å²) in [6.45, 7) is -0.194. The van der Waals surface area contributed by atoms with Gasteiger partial charge < -0.3 is 5.32 Å². The third-order valence-electron chi connectivity index (χ3n) is 3.01. The molecule has 0 radical (unpaired) electrons. The molecule has 0 bridgehead atoms. The molecular formula is C15H14FN5. The zero-order valence-corrected chi connectivity index (χ0v) is 11.3. The van der Waals surface area contributed by atoms with E-state index in [1.54, 1.807) is 23.3 Å². The fraction of sp³-hybridized carbons (Fsp3) is 0.133. The summed E-state index contributed by atoms with van der Waals surface area (Å²) in [5.41, 5.74) is 2.69. The molecule has 0 saturated heterocycles. The molecule has 6 heteroatoms. The minimum absolute atomic E-state index is 0.247. The molecule has 0 atom stereocenters. The number of rotatable bonds is 5. The van der Waals surface area contributed by atoms with Crippen LogP contribution in [0.5, 0.6) is 0 Å². The number of benzene rings is 1. The smallest absolute Gasteiger partial charge is 0.141 e. The van der Waals surface area contributed by atoms with Crippen LogP contribution < -0.4 is 5.32 Å². The highest BCUT2D eigenvalue weighted by atomic mass is 19.1. The van der Waals surface area contributed by atoms with Crippen LogP contribution in [0.25, 0.3) is 11.1 Å². The van der Waals surface area contributed by atoms with E-state index in [-0.39, 0.29) is 6.54 Å². The fourth-order valence-corrected chi connectivity index (χ4v) is 2.03. The standard InChI is InChI=1S/C15H14FN5/c16-6-7-21-10-13(8-19-21)20-15-14(9-17-11-18-15)12-4-2-1-3-5-12/h1-5,8-11H,6-7H2,(H,17,18,20). The van der Waals surface area contributed by atoms with E-state index in [2.05, 4.69) is 20.4 Å². The highest BCUT2D eigenvalue weighted by Gasteiger charge is 2.08. The predicted octanol–water partition coefficient (Wildman–Crippen LogP) is 3.05. The highest BCUT2D eigenvalue weighted by Crippen LogP contribution is 2.27. The van der Waals surface area contributed by atoms with Gasteiger partial charge in [0, 0.05) is 18.0 Å². The van der Waals surface area contributed by atoms with E-state index in [9.17, 15) is 4.39 Å². The molecule has 5 nitrogen and oxygen atoms in total. The summed E-state index contributed by atoms with van der Waals surface area (Å²) >= 11 is 0. The molecule has 0 spiro atoms. The Kier molecular flexibility index (Phi) is 3.86. The summed E-state index contributed by atoms with van der Waals surface area (Å²) in [6.07, 6.45) is 6.64. The lowest BCUT2D eigenvalue weighted by molar-refractivity contribution is 0.427. The van der Waals surface area contributed by atoms with Crippen molar-refractivity contribution in [3.63, 3.8) is 0 Å². The van der Waals surface area contributed by atoms with E-state index >= 15 is 0 Å². The first kappa shape index (κ1) is 13.2. The molecule has 3 aromatic rings. The van der Waals surface area contributed by atoms with Gasteiger partial charge in [0.05, 0.1) is 18.4 Å². The molecule has 3 rings (SSSR count). The Labute approximate surface area is 121 Å². The zero-order valence-electron chi connectivity index (χ0n) is 11.3. The summed E-state index contributed by atoms with van der Waals surface area (Å²) in [6, 6.07) is 9.88. The Morgan fingerprint density at radius 3 is 2.81 bits per heavy atom. The van der Waals surface area contributed by atoms with Gasteiger partial charge in [-0.1, -0.05) is 30.3 Å². The summed E-state index contributed by atoms with van der Waals surface area (Å²) in [4.78, 5) is 8.35. The van der Waals surface area contributed by atoms with E-state index in [1.165, 1.54) is 6.33 Å². The average molecular weight is 283 g/mol. The lowest BCUT2D eigenvalue weighted by Gasteiger charge is -2.08. The first-order valence-electron chi connectivity index (χ1n) is 6.57. The van der Waals surface area contributed by atoms with Gasteiger partial charge in [-0.05, 0) is 5.56 Å². The molecule has 0 unspecified atom stereocenters. The number of nitrogens with zero attached hydrogens (tertiary/aromatic N) is 4. The number of alkyl halides is 1. The Morgan fingerprint density at radius 2 is 2.00 bits per heavy atom. The van der Waals surface area contributed by atoms with E-state index < -0.39 is 6.67 Å². The monoisotopic (exact) mass is 283 g/mol. The number of hydrogen-bond donors (Lipinski definition) is 1. The zero-order chi connectivity index (χ0) is 14.5. The number of anilines is 2. The number of hydrogen-bond acceptors (Lipinski definition) is 4. The Balaban J connectivity index is 1.88. The van der Waals surface area contributed by atoms with Crippen LogP contribution in [0, 0.1) is 0 Å². The van der Waals surface area contributed by atoms with Gasteiger partial charge in [0.15, 0.2) is 0 Å². The first-order chi connectivity index (χ1) is 10.4. The van der Waals surface area contributed by atoms with Gasteiger partial charge in [0.2, 0.25) is 0 Å². The first-order valence-corrected chi connectivity index (χ1v) is 6.57. The molecule has 1 aromatic carbocycles. The Morgan fingerprint density at radius 1 is 1.14 bits per heavy atom. The summed E-state index contributed by atoms with van der Waals surface area (Å²) in [7, 11) is 0. The second kappa shape index (κ2) is 6.13. The van der Waals surface area contributed by atoms with Crippen molar-refractivity contribution in [1.29, 1.82) is 0 Å². The molecular weight excluding hydrogens is 269 g/mol. The van der Waals surface area contributed by atoms with Crippen molar-refractivity contribution in [3.05, 3.63) is 55.2 Å². The Hall–Kier alpha value is -2.76. The van der Waals surface area contributed by atoms with Crippen molar-refractivity contribution in [2.45, 2.75) is 6.54 Å². The third kappa shape index (κ3) is 3.05. The van der Waals surface area contributed by atoms with Crippen molar-refractivity contribution < 1.29 is 4.39 Å². The summed E-state index contributed by atoms with van der Waals surface area (Å²) < 4.78 is 13.8. The van der Waals surface area contributed by atoms with Gasteiger partial charge in [0.1, 0.15) is 18.8 Å². The molecule has 2 heterocycles. The van der Waals surface area contributed by atoms with Crippen LogP contribution in [0.1, 0.15) is 0 Å². The van der Waals surface area contributed by atoms with Crippen molar-refractivity contribution in [3.8, 4) is 11.1 Å². The van der Waals surface area contributed by atoms with Crippen LogP contribution in [0.2, 0.25) is 0 Å². The van der Waals surface area contributed by atoms with Crippen LogP contribution in [-0.4, -0.2) is 26.4 Å². The lowest BCUT2D eigenvalue weighted by Crippen LogP contribution is -1.99. The fourth-order valence-electron chi connectivity index (χ4n) is 2.03. The Bertz CT molecular complexity index is 711. The number of nitrogens with one attached hydrogen (secondary N) is 1. The van der Waals surface area contributed by atoms with Gasteiger partial charge in [0.25, 0.3) is 0 Å². The molecule has 0 aliphatic rings. The van der Waals surface area contributed by atoms with E-state index in [1.807, 2.05) is 30.3 Å². The van der Waals surface area contributed by atoms with E-state index in [4.69, 9.17) is 0 Å². The second-order valence-corrected chi connectivity index (χ2v) is 4.46. The van der Waals surface area contributed by atoms with E-state index in [0.717, 1.165) is 16.8 Å². The second-order valence-electron chi connectivity index (χ2n) is 4.46. The summed E-state index contributed by atoms with van der Waals surface area (Å²) in [5.74, 6) is 0.691. The van der Waals surface area contributed by atoms with Crippen molar-refractivity contribution >= 4 is 11.5 Å². The molecule has 0 amide bonds. The van der Waals surface area contributed by atoms with Crippen LogP contribution >= 0.6 is 0 Å². The third-order valence-corrected chi connectivity index (χ3v) is 3.01. The minimum atomic E-state index is -0.441. The SMILES string of the molecule is FCCn1cc(Nc2ncncc2-c2ccccc2)cn1. The van der Waals surface area contributed by atoms with Gasteiger partial charge in [-0.15, -0.1) is 0 Å². The molecule has 106 valence electrons. The van der Waals surface area contributed by atoms with Crippen LogP contribution in [0.15, 0.2) is 55.2 Å². The van der Waals surface area contributed by atoms with Crippen LogP contribution in [0.4, 0.5) is 15.9 Å². The maximum atomic E-state index is 12.3. The molecule has 0 aliphatic carbocycles. The highest BCUT2D eigenvalue weighted by molar-refractivity contribution is 5.77. The quantitative estimate of drug-likeness (QED) is 0.782. The molecule has 2 aromatic heterocycles. The molecule has 0 saturated carbocycles. The maximum Gasteiger partial charge on any atom is 0.141 e. The minimum Gasteiger partial charge on any atom is -0.337 e. The number of aryl methyl sites for hydroxylation is 1. The number of halogens is 1. The normalized spacial score (nSPS) is 10.5. The van der Waals surface area contributed by atoms with Crippen molar-refractivity contribution in [1.82, 2.24) is 19.7 Å². The van der Waals surface area contributed by atoms with Gasteiger partial charge in [-0.25, -0.2) is 14.4 Å². The number of aromatic nitrogens is 4. The van der Waals surface area contributed by atoms with Gasteiger partial charge in [-0.3, -0.25) is 4.68 Å². The molecule has 0 fully saturated rings. The maximum absolute atomic E-state index is 12.3. The summed E-state index contributed by atoms with van der Waals surface area (Å²) in [5, 5.41) is 7.27. The average Bonchev–Trinajstić information content (AvgIpc) is 2.96. The van der Waals surface area contributed by atoms with Gasteiger partial charge in [-0.2, -0.15) is 5.10 Å². The van der Waals surface area contributed by atoms with Crippen molar-refractivity contribution in [2.24, 2.45) is 0 Å². The lowest BCUT2D eigenvalue weighted by atomic mass is 10.1. The predicted molar refractivity (Wildman–Crippen MR) is 79.0 cm³/mol.